The van der Waals surface area contributed by atoms with Gasteiger partial charge in [0.05, 0.1) is 7.11 Å². The number of phenolic OH excluding ortho intramolecular Hbond substituents is 1. The quantitative estimate of drug-likeness (QED) is 0.452. The zero-order chi connectivity index (χ0) is 22.2. The summed E-state index contributed by atoms with van der Waals surface area (Å²) in [5, 5.41) is 23.2. The Morgan fingerprint density at radius 2 is 1.94 bits per heavy atom. The predicted molar refractivity (Wildman–Crippen MR) is 111 cm³/mol. The molecule has 2 aromatic carbocycles. The number of rotatable bonds is 9. The first-order valence-electron chi connectivity index (χ1n) is 9.62. The molecule has 7 nitrogen and oxygen atoms in total. The number of ether oxygens (including phenoxy) is 1. The van der Waals surface area contributed by atoms with Crippen LogP contribution in [0.2, 0.25) is 0 Å². The minimum absolute atomic E-state index is 0.0461. The maximum absolute atomic E-state index is 13.6. The number of carbonyl (C=O) groups is 1. The van der Waals surface area contributed by atoms with Gasteiger partial charge in [-0.15, -0.1) is 10.2 Å². The molecule has 1 aromatic heterocycles. The van der Waals surface area contributed by atoms with E-state index in [1.165, 1.54) is 13.2 Å². The van der Waals surface area contributed by atoms with Gasteiger partial charge < -0.3 is 20.5 Å². The van der Waals surface area contributed by atoms with Crippen LogP contribution in [-0.2, 0) is 13.0 Å². The van der Waals surface area contributed by atoms with E-state index in [2.05, 4.69) is 20.8 Å². The molecule has 0 aliphatic rings. The molecule has 162 valence electrons. The van der Waals surface area contributed by atoms with Crippen molar-refractivity contribution in [1.82, 2.24) is 15.5 Å². The van der Waals surface area contributed by atoms with E-state index >= 15 is 0 Å². The van der Waals surface area contributed by atoms with Gasteiger partial charge in [-0.3, -0.25) is 4.79 Å². The number of anilines is 1. The molecule has 9 heteroatoms. The fourth-order valence-corrected chi connectivity index (χ4v) is 2.89. The minimum Gasteiger partial charge on any atom is -0.504 e. The van der Waals surface area contributed by atoms with Crippen molar-refractivity contribution in [1.29, 1.82) is 0 Å². The highest BCUT2D eigenvalue weighted by molar-refractivity contribution is 5.92. The topological polar surface area (TPSA) is 96.4 Å². The van der Waals surface area contributed by atoms with Crippen molar-refractivity contribution >= 4 is 11.7 Å². The molecule has 0 aliphatic carbocycles. The van der Waals surface area contributed by atoms with Crippen molar-refractivity contribution in [2.75, 3.05) is 19.0 Å². The molecule has 0 saturated carbocycles. The van der Waals surface area contributed by atoms with Gasteiger partial charge in [-0.25, -0.2) is 8.78 Å². The van der Waals surface area contributed by atoms with E-state index in [1.54, 1.807) is 18.2 Å². The van der Waals surface area contributed by atoms with E-state index in [0.29, 0.717) is 18.1 Å². The summed E-state index contributed by atoms with van der Waals surface area (Å²) in [4.78, 5) is 12.1. The van der Waals surface area contributed by atoms with Crippen molar-refractivity contribution in [2.24, 2.45) is 0 Å². The number of aromatic hydroxyl groups is 1. The summed E-state index contributed by atoms with van der Waals surface area (Å²) in [6.45, 7) is 0.455. The molecule has 1 heterocycles. The Morgan fingerprint density at radius 3 is 2.65 bits per heavy atom. The second kappa shape index (κ2) is 10.3. The number of aryl methyl sites for hydroxylation is 1. The maximum Gasteiger partial charge on any atom is 0.272 e. The molecule has 1 amide bonds. The third-order valence-corrected chi connectivity index (χ3v) is 4.54. The van der Waals surface area contributed by atoms with Gasteiger partial charge in [0.1, 0.15) is 17.5 Å². The lowest BCUT2D eigenvalue weighted by molar-refractivity contribution is 0.0944. The molecule has 3 rings (SSSR count). The Labute approximate surface area is 178 Å². The van der Waals surface area contributed by atoms with Crippen LogP contribution in [0.3, 0.4) is 0 Å². The number of carbonyl (C=O) groups excluding carboxylic acids is 1. The van der Waals surface area contributed by atoms with Gasteiger partial charge >= 0.3 is 0 Å². The van der Waals surface area contributed by atoms with Crippen LogP contribution in [0.5, 0.6) is 11.5 Å². The Bertz CT molecular complexity index is 1050. The number of nitrogens with one attached hydrogen (secondary N) is 2. The summed E-state index contributed by atoms with van der Waals surface area (Å²) < 4.78 is 31.8. The normalized spacial score (nSPS) is 10.5. The van der Waals surface area contributed by atoms with E-state index in [-0.39, 0.29) is 23.6 Å². The first-order valence-corrected chi connectivity index (χ1v) is 9.62. The molecule has 0 radical (unpaired) electrons. The molecule has 31 heavy (non-hydrogen) atoms. The van der Waals surface area contributed by atoms with Crippen LogP contribution in [0.1, 0.15) is 28.0 Å². The summed E-state index contributed by atoms with van der Waals surface area (Å²) >= 11 is 0. The summed E-state index contributed by atoms with van der Waals surface area (Å²) in [5.41, 5.74) is 1.09. The van der Waals surface area contributed by atoms with E-state index in [1.807, 2.05) is 6.07 Å². The van der Waals surface area contributed by atoms with Gasteiger partial charge in [-0.05, 0) is 60.9 Å². The van der Waals surface area contributed by atoms with Crippen molar-refractivity contribution in [3.8, 4) is 11.5 Å². The van der Waals surface area contributed by atoms with Crippen LogP contribution >= 0.6 is 0 Å². The smallest absolute Gasteiger partial charge is 0.272 e. The van der Waals surface area contributed by atoms with Crippen molar-refractivity contribution in [3.63, 3.8) is 0 Å². The summed E-state index contributed by atoms with van der Waals surface area (Å²) in [6, 6.07) is 11.4. The molecule has 0 spiro atoms. The molecule has 0 unspecified atom stereocenters. The Hall–Kier alpha value is -3.75. The first-order chi connectivity index (χ1) is 15.0. The monoisotopic (exact) mass is 428 g/mol. The SMILES string of the molecule is COc1ccc(CCCNc2ccc(C(=O)NCc3cc(F)ccc3F)nn2)cc1O. The number of halogens is 2. The van der Waals surface area contributed by atoms with Gasteiger partial charge in [0.2, 0.25) is 0 Å². The number of nitrogens with zero attached hydrogens (tertiary/aromatic N) is 2. The highest BCUT2D eigenvalue weighted by atomic mass is 19.1. The second-order valence-corrected chi connectivity index (χ2v) is 6.76. The largest absolute Gasteiger partial charge is 0.504 e. The average Bonchev–Trinajstić information content (AvgIpc) is 2.77. The van der Waals surface area contributed by atoms with Crippen LogP contribution < -0.4 is 15.4 Å². The molecule has 0 bridgehead atoms. The second-order valence-electron chi connectivity index (χ2n) is 6.76. The molecule has 0 atom stereocenters. The lowest BCUT2D eigenvalue weighted by Crippen LogP contribution is -2.24. The summed E-state index contributed by atoms with van der Waals surface area (Å²) in [5.74, 6) is -0.677. The molecule has 3 aromatic rings. The number of hydrogen-bond donors (Lipinski definition) is 3. The third-order valence-electron chi connectivity index (χ3n) is 4.54. The van der Waals surface area contributed by atoms with Crippen LogP contribution in [0, 0.1) is 11.6 Å². The minimum atomic E-state index is -0.600. The van der Waals surface area contributed by atoms with E-state index < -0.39 is 17.5 Å². The molecule has 3 N–H and O–H groups in total. The highest BCUT2D eigenvalue weighted by Crippen LogP contribution is 2.26. The molecule has 0 aliphatic heterocycles. The van der Waals surface area contributed by atoms with Crippen molar-refractivity contribution < 1.29 is 23.4 Å². The van der Waals surface area contributed by atoms with Crippen LogP contribution in [0.4, 0.5) is 14.6 Å². The maximum atomic E-state index is 13.6. The lowest BCUT2D eigenvalue weighted by atomic mass is 10.1. The van der Waals surface area contributed by atoms with Crippen LogP contribution in [0.15, 0.2) is 48.5 Å². The Morgan fingerprint density at radius 1 is 1.10 bits per heavy atom. The summed E-state index contributed by atoms with van der Waals surface area (Å²) in [7, 11) is 1.50. The van der Waals surface area contributed by atoms with Gasteiger partial charge in [-0.2, -0.15) is 0 Å². The number of methoxy groups -OCH3 is 1. The third kappa shape index (κ3) is 6.11. The first kappa shape index (κ1) is 21.9. The van der Waals surface area contributed by atoms with Gasteiger partial charge in [0.25, 0.3) is 5.91 Å². The van der Waals surface area contributed by atoms with Crippen molar-refractivity contribution in [2.45, 2.75) is 19.4 Å². The Kier molecular flexibility index (Phi) is 7.31. The lowest BCUT2D eigenvalue weighted by Gasteiger charge is -2.08. The van der Waals surface area contributed by atoms with Gasteiger partial charge in [-0.1, -0.05) is 6.07 Å². The number of phenols is 1. The van der Waals surface area contributed by atoms with Gasteiger partial charge in [0.15, 0.2) is 17.2 Å². The Balaban J connectivity index is 1.44. The average molecular weight is 428 g/mol. The van der Waals surface area contributed by atoms with E-state index in [9.17, 15) is 18.7 Å². The zero-order valence-corrected chi connectivity index (χ0v) is 16.9. The number of aromatic nitrogens is 2. The standard InChI is InChI=1S/C22H22F2N4O3/c1-31-20-8-4-14(11-19(20)29)3-2-10-25-21-9-7-18(27-28-21)22(30)26-13-15-12-16(23)5-6-17(15)24/h4-9,11-12,29H,2-3,10,13H2,1H3,(H,25,28)(H,26,30). The molecular formula is C22H22F2N4O3. The zero-order valence-electron chi connectivity index (χ0n) is 16.9. The van der Waals surface area contributed by atoms with Crippen molar-refractivity contribution in [3.05, 3.63) is 77.0 Å². The molecular weight excluding hydrogens is 406 g/mol. The fraction of sp³-hybridized carbons (Fsp3) is 0.227. The number of benzene rings is 2. The van der Waals surface area contributed by atoms with Crippen LogP contribution in [-0.4, -0.2) is 34.9 Å². The summed E-state index contributed by atoms with van der Waals surface area (Å²) in [6.07, 6.45) is 1.53. The predicted octanol–water partition coefficient (Wildman–Crippen LogP) is 3.44. The van der Waals surface area contributed by atoms with Gasteiger partial charge in [0, 0.05) is 18.7 Å². The van der Waals surface area contributed by atoms with E-state index in [0.717, 1.165) is 36.6 Å². The van der Waals surface area contributed by atoms with Crippen LogP contribution in [0.25, 0.3) is 0 Å². The molecule has 0 saturated heterocycles. The van der Waals surface area contributed by atoms with E-state index in [4.69, 9.17) is 4.74 Å². The number of hydrogen-bond acceptors (Lipinski definition) is 6. The fourth-order valence-electron chi connectivity index (χ4n) is 2.89. The molecule has 0 fully saturated rings. The highest BCUT2D eigenvalue weighted by Gasteiger charge is 2.10. The number of amides is 1.